The molecule has 0 aliphatic rings. The molecular formula is C13H13FN2O. The van der Waals surface area contributed by atoms with Gasteiger partial charge >= 0.3 is 0 Å². The normalized spacial score (nSPS) is 10.5. The van der Waals surface area contributed by atoms with Gasteiger partial charge in [0.15, 0.2) is 0 Å². The van der Waals surface area contributed by atoms with E-state index in [0.29, 0.717) is 29.1 Å². The number of benzene rings is 1. The van der Waals surface area contributed by atoms with Gasteiger partial charge < -0.3 is 4.98 Å². The molecule has 17 heavy (non-hydrogen) atoms. The van der Waals surface area contributed by atoms with E-state index in [2.05, 4.69) is 9.97 Å². The van der Waals surface area contributed by atoms with Crippen LogP contribution >= 0.6 is 0 Å². The molecule has 2 rings (SSSR count). The average molecular weight is 232 g/mol. The van der Waals surface area contributed by atoms with E-state index < -0.39 is 0 Å². The summed E-state index contributed by atoms with van der Waals surface area (Å²) in [5, 5.41) is 0. The number of hydrogen-bond acceptors (Lipinski definition) is 2. The van der Waals surface area contributed by atoms with Crippen molar-refractivity contribution < 1.29 is 4.39 Å². The number of aryl methyl sites for hydroxylation is 1. The van der Waals surface area contributed by atoms with Crippen LogP contribution in [0.15, 0.2) is 29.1 Å². The summed E-state index contributed by atoms with van der Waals surface area (Å²) in [6, 6.07) is 6.17. The van der Waals surface area contributed by atoms with E-state index in [0.717, 1.165) is 0 Å². The van der Waals surface area contributed by atoms with Crippen LogP contribution in [0.3, 0.4) is 0 Å². The molecule has 1 N–H and O–H groups in total. The summed E-state index contributed by atoms with van der Waals surface area (Å²) in [5.41, 5.74) is 1.47. The average Bonchev–Trinajstić information content (AvgIpc) is 2.31. The van der Waals surface area contributed by atoms with Gasteiger partial charge in [-0.2, -0.15) is 0 Å². The Morgan fingerprint density at radius 3 is 2.88 bits per heavy atom. The van der Waals surface area contributed by atoms with Crippen LogP contribution in [0.4, 0.5) is 4.39 Å². The summed E-state index contributed by atoms with van der Waals surface area (Å²) in [4.78, 5) is 18.4. The predicted molar refractivity (Wildman–Crippen MR) is 64.4 cm³/mol. The lowest BCUT2D eigenvalue weighted by Gasteiger charge is -2.06. The molecule has 88 valence electrons. The van der Waals surface area contributed by atoms with Crippen molar-refractivity contribution in [2.75, 3.05) is 0 Å². The SMILES string of the molecule is CCc1nc(-c2cccc(F)c2C)cc(=O)[nH]1. The maximum atomic E-state index is 13.4. The molecule has 3 nitrogen and oxygen atoms in total. The van der Waals surface area contributed by atoms with Gasteiger partial charge in [-0.1, -0.05) is 19.1 Å². The molecule has 0 spiro atoms. The fourth-order valence-electron chi connectivity index (χ4n) is 1.70. The van der Waals surface area contributed by atoms with Gasteiger partial charge in [0.05, 0.1) is 5.69 Å². The van der Waals surface area contributed by atoms with E-state index in [4.69, 9.17) is 0 Å². The Morgan fingerprint density at radius 2 is 2.18 bits per heavy atom. The summed E-state index contributed by atoms with van der Waals surface area (Å²) >= 11 is 0. The van der Waals surface area contributed by atoms with Gasteiger partial charge in [0, 0.05) is 18.1 Å². The number of halogens is 1. The smallest absolute Gasteiger partial charge is 0.251 e. The minimum Gasteiger partial charge on any atom is -0.311 e. The Kier molecular flexibility index (Phi) is 3.04. The van der Waals surface area contributed by atoms with Crippen LogP contribution in [0.25, 0.3) is 11.3 Å². The standard InChI is InChI=1S/C13H13FN2O/c1-3-12-15-11(7-13(17)16-12)9-5-4-6-10(14)8(9)2/h4-7H,3H2,1-2H3,(H,15,16,17). The fourth-order valence-corrected chi connectivity index (χ4v) is 1.70. The maximum absolute atomic E-state index is 13.4. The molecule has 0 fully saturated rings. The third kappa shape index (κ3) is 2.25. The van der Waals surface area contributed by atoms with Crippen molar-refractivity contribution in [3.63, 3.8) is 0 Å². The van der Waals surface area contributed by atoms with Crippen LogP contribution in [0, 0.1) is 12.7 Å². The zero-order chi connectivity index (χ0) is 12.4. The second-order valence-corrected chi connectivity index (χ2v) is 3.84. The van der Waals surface area contributed by atoms with Gasteiger partial charge in [-0.05, 0) is 18.6 Å². The molecule has 1 aromatic heterocycles. The molecule has 0 saturated heterocycles. The number of H-pyrrole nitrogens is 1. The van der Waals surface area contributed by atoms with Crippen molar-refractivity contribution in [2.24, 2.45) is 0 Å². The predicted octanol–water partition coefficient (Wildman–Crippen LogP) is 2.45. The van der Waals surface area contributed by atoms with E-state index in [1.165, 1.54) is 12.1 Å². The molecule has 2 aromatic rings. The van der Waals surface area contributed by atoms with Gasteiger partial charge in [0.25, 0.3) is 5.56 Å². The van der Waals surface area contributed by atoms with Crippen molar-refractivity contribution in [3.8, 4) is 11.3 Å². The van der Waals surface area contributed by atoms with Crippen molar-refractivity contribution >= 4 is 0 Å². The molecule has 0 amide bonds. The molecule has 0 radical (unpaired) electrons. The largest absolute Gasteiger partial charge is 0.311 e. The zero-order valence-electron chi connectivity index (χ0n) is 9.75. The first kappa shape index (κ1) is 11.5. The number of hydrogen-bond donors (Lipinski definition) is 1. The third-order valence-electron chi connectivity index (χ3n) is 2.67. The molecule has 1 heterocycles. The first-order valence-corrected chi connectivity index (χ1v) is 5.47. The summed E-state index contributed by atoms with van der Waals surface area (Å²) < 4.78 is 13.4. The lowest BCUT2D eigenvalue weighted by Crippen LogP contribution is -2.10. The Bertz CT molecular complexity index is 605. The lowest BCUT2D eigenvalue weighted by atomic mass is 10.1. The maximum Gasteiger partial charge on any atom is 0.251 e. The van der Waals surface area contributed by atoms with Crippen LogP contribution < -0.4 is 5.56 Å². The highest BCUT2D eigenvalue weighted by molar-refractivity contribution is 5.63. The molecule has 1 aromatic carbocycles. The number of rotatable bonds is 2. The number of aromatic amines is 1. The second-order valence-electron chi connectivity index (χ2n) is 3.84. The Labute approximate surface area is 98.3 Å². The number of aromatic nitrogens is 2. The molecule has 0 aliphatic heterocycles. The van der Waals surface area contributed by atoms with Gasteiger partial charge in [-0.15, -0.1) is 0 Å². The van der Waals surface area contributed by atoms with Gasteiger partial charge in [0.2, 0.25) is 0 Å². The zero-order valence-corrected chi connectivity index (χ0v) is 9.75. The quantitative estimate of drug-likeness (QED) is 0.864. The van der Waals surface area contributed by atoms with E-state index in [-0.39, 0.29) is 11.4 Å². The highest BCUT2D eigenvalue weighted by atomic mass is 19.1. The van der Waals surface area contributed by atoms with Gasteiger partial charge in [-0.3, -0.25) is 4.79 Å². The second kappa shape index (κ2) is 4.49. The van der Waals surface area contributed by atoms with E-state index >= 15 is 0 Å². The molecule has 0 bridgehead atoms. The van der Waals surface area contributed by atoms with Gasteiger partial charge in [0.1, 0.15) is 11.6 Å². The van der Waals surface area contributed by atoms with Crippen molar-refractivity contribution in [2.45, 2.75) is 20.3 Å². The molecule has 0 aliphatic carbocycles. The highest BCUT2D eigenvalue weighted by Crippen LogP contribution is 2.22. The molecule has 0 saturated carbocycles. The Balaban J connectivity index is 2.64. The topological polar surface area (TPSA) is 45.8 Å². The van der Waals surface area contributed by atoms with Crippen LogP contribution in [0.1, 0.15) is 18.3 Å². The third-order valence-corrected chi connectivity index (χ3v) is 2.67. The fraction of sp³-hybridized carbons (Fsp3) is 0.231. The summed E-state index contributed by atoms with van der Waals surface area (Å²) in [6.07, 6.45) is 0.636. The van der Waals surface area contributed by atoms with Crippen LogP contribution in [0.5, 0.6) is 0 Å². The number of nitrogens with one attached hydrogen (secondary N) is 1. The summed E-state index contributed by atoms with van der Waals surface area (Å²) in [6.45, 7) is 3.58. The van der Waals surface area contributed by atoms with Crippen molar-refractivity contribution in [1.82, 2.24) is 9.97 Å². The minimum absolute atomic E-state index is 0.212. The molecular weight excluding hydrogens is 219 g/mol. The van der Waals surface area contributed by atoms with Crippen molar-refractivity contribution in [1.29, 1.82) is 0 Å². The molecule has 4 heteroatoms. The monoisotopic (exact) mass is 232 g/mol. The van der Waals surface area contributed by atoms with Crippen LogP contribution in [-0.2, 0) is 6.42 Å². The lowest BCUT2D eigenvalue weighted by molar-refractivity contribution is 0.619. The van der Waals surface area contributed by atoms with Gasteiger partial charge in [-0.25, -0.2) is 9.37 Å². The first-order valence-electron chi connectivity index (χ1n) is 5.47. The number of nitrogens with zero attached hydrogens (tertiary/aromatic N) is 1. The van der Waals surface area contributed by atoms with E-state index in [1.54, 1.807) is 19.1 Å². The van der Waals surface area contributed by atoms with Crippen LogP contribution in [0.2, 0.25) is 0 Å². The summed E-state index contributed by atoms with van der Waals surface area (Å²) in [7, 11) is 0. The molecule has 0 atom stereocenters. The molecule has 0 unspecified atom stereocenters. The Hall–Kier alpha value is -1.97. The van der Waals surface area contributed by atoms with Crippen LogP contribution in [-0.4, -0.2) is 9.97 Å². The Morgan fingerprint density at radius 1 is 1.41 bits per heavy atom. The first-order chi connectivity index (χ1) is 8.11. The highest BCUT2D eigenvalue weighted by Gasteiger charge is 2.08. The summed E-state index contributed by atoms with van der Waals surface area (Å²) in [5.74, 6) is 0.318. The van der Waals surface area contributed by atoms with E-state index in [1.807, 2.05) is 6.92 Å². The van der Waals surface area contributed by atoms with E-state index in [9.17, 15) is 9.18 Å². The van der Waals surface area contributed by atoms with Crippen molar-refractivity contribution in [3.05, 3.63) is 51.8 Å². The minimum atomic E-state index is -0.289.